The molecule has 0 aliphatic rings. The fourth-order valence-electron chi connectivity index (χ4n) is 0.239. The average Bonchev–Trinajstić information content (AvgIpc) is 1.65. The lowest BCUT2D eigenvalue weighted by Crippen LogP contribution is -2.30. The van der Waals surface area contributed by atoms with Gasteiger partial charge >= 0.3 is 0 Å². The standard InChI is InChI=1S/C4H8INO2/c1-3(2-7)6-4(5)8/h3,7H,2H2,1H3,(H,6,8)/t3-/m0/s1. The molecule has 2 N–H and O–H groups in total. The van der Waals surface area contributed by atoms with Crippen LogP contribution in [0.5, 0.6) is 0 Å². The lowest BCUT2D eigenvalue weighted by molar-refractivity contribution is 0.237. The van der Waals surface area contributed by atoms with Gasteiger partial charge in [-0.25, -0.2) is 0 Å². The van der Waals surface area contributed by atoms with Gasteiger partial charge in [0.2, 0.25) is 0 Å². The van der Waals surface area contributed by atoms with Crippen LogP contribution in [0.1, 0.15) is 6.92 Å². The molecular formula is C4H8INO2. The molecule has 0 fully saturated rings. The minimum Gasteiger partial charge on any atom is -0.394 e. The van der Waals surface area contributed by atoms with Crippen molar-refractivity contribution >= 4 is 26.5 Å². The van der Waals surface area contributed by atoms with E-state index in [4.69, 9.17) is 5.11 Å². The molecule has 0 radical (unpaired) electrons. The number of aliphatic hydroxyl groups excluding tert-OH is 1. The largest absolute Gasteiger partial charge is 0.394 e. The Labute approximate surface area is 61.6 Å². The summed E-state index contributed by atoms with van der Waals surface area (Å²) >= 11 is 1.62. The van der Waals surface area contributed by atoms with Crippen molar-refractivity contribution in [1.29, 1.82) is 0 Å². The summed E-state index contributed by atoms with van der Waals surface area (Å²) in [7, 11) is 0. The fourth-order valence-corrected chi connectivity index (χ4v) is 0.771. The Kier molecular flexibility index (Phi) is 4.16. The second-order valence-electron chi connectivity index (χ2n) is 1.50. The smallest absolute Gasteiger partial charge is 0.280 e. The van der Waals surface area contributed by atoms with E-state index < -0.39 is 0 Å². The Bertz CT molecular complexity index is 86.1. The van der Waals surface area contributed by atoms with Gasteiger partial charge in [0, 0.05) is 28.6 Å². The SMILES string of the molecule is C[C@@H](CO)NC(=O)I. The lowest BCUT2D eigenvalue weighted by Gasteiger charge is -2.05. The topological polar surface area (TPSA) is 49.3 Å². The van der Waals surface area contributed by atoms with Crippen LogP contribution in [0.3, 0.4) is 0 Å². The third-order valence-corrected chi connectivity index (χ3v) is 0.945. The Hall–Kier alpha value is 0.160. The third kappa shape index (κ3) is 4.32. The number of nitrogens with one attached hydrogen (secondary N) is 1. The predicted octanol–water partition coefficient (Wildman–Crippen LogP) is 0.512. The molecule has 0 saturated carbocycles. The van der Waals surface area contributed by atoms with Gasteiger partial charge in [-0.05, 0) is 6.92 Å². The molecule has 0 aliphatic carbocycles. The van der Waals surface area contributed by atoms with E-state index >= 15 is 0 Å². The Morgan fingerprint density at radius 3 is 2.62 bits per heavy atom. The van der Waals surface area contributed by atoms with E-state index in [0.717, 1.165) is 0 Å². The van der Waals surface area contributed by atoms with E-state index in [1.807, 2.05) is 0 Å². The lowest BCUT2D eigenvalue weighted by atomic mass is 10.4. The van der Waals surface area contributed by atoms with Crippen LogP contribution >= 0.6 is 22.6 Å². The van der Waals surface area contributed by atoms with E-state index in [-0.39, 0.29) is 16.6 Å². The van der Waals surface area contributed by atoms with E-state index in [9.17, 15) is 4.79 Å². The highest BCUT2D eigenvalue weighted by Gasteiger charge is 1.99. The molecule has 0 rings (SSSR count). The summed E-state index contributed by atoms with van der Waals surface area (Å²) in [6.45, 7) is 1.73. The zero-order valence-electron chi connectivity index (χ0n) is 4.52. The van der Waals surface area contributed by atoms with Gasteiger partial charge in [-0.15, -0.1) is 0 Å². The van der Waals surface area contributed by atoms with Gasteiger partial charge in [0.15, 0.2) is 0 Å². The van der Waals surface area contributed by atoms with Gasteiger partial charge in [-0.2, -0.15) is 0 Å². The summed E-state index contributed by atoms with van der Waals surface area (Å²) in [6, 6.07) is -0.126. The minimum atomic E-state index is -0.135. The van der Waals surface area contributed by atoms with Crippen LogP contribution in [-0.4, -0.2) is 21.7 Å². The van der Waals surface area contributed by atoms with Crippen molar-refractivity contribution in [3.63, 3.8) is 0 Å². The highest BCUT2D eigenvalue weighted by molar-refractivity contribution is 14.1. The number of carbonyl (C=O) groups is 1. The maximum Gasteiger partial charge on any atom is 0.280 e. The first kappa shape index (κ1) is 8.16. The number of rotatable bonds is 2. The average molecular weight is 229 g/mol. The van der Waals surface area contributed by atoms with Crippen molar-refractivity contribution in [2.45, 2.75) is 13.0 Å². The van der Waals surface area contributed by atoms with Crippen molar-refractivity contribution in [2.75, 3.05) is 6.61 Å². The Balaban J connectivity index is 3.24. The summed E-state index contributed by atoms with van der Waals surface area (Å²) < 4.78 is -0.135. The van der Waals surface area contributed by atoms with E-state index in [1.165, 1.54) is 0 Å². The predicted molar refractivity (Wildman–Crippen MR) is 39.1 cm³/mol. The summed E-state index contributed by atoms with van der Waals surface area (Å²) in [5, 5.41) is 10.9. The zero-order chi connectivity index (χ0) is 6.57. The Morgan fingerprint density at radius 1 is 2.00 bits per heavy atom. The number of halogens is 1. The monoisotopic (exact) mass is 229 g/mol. The number of amides is 1. The van der Waals surface area contributed by atoms with Crippen molar-refractivity contribution in [3.05, 3.63) is 0 Å². The summed E-state index contributed by atoms with van der Waals surface area (Å²) in [4.78, 5) is 10.2. The maximum atomic E-state index is 10.2. The van der Waals surface area contributed by atoms with Gasteiger partial charge in [0.25, 0.3) is 3.91 Å². The van der Waals surface area contributed by atoms with Crippen LogP contribution in [0.4, 0.5) is 4.79 Å². The van der Waals surface area contributed by atoms with Gasteiger partial charge in [0.05, 0.1) is 6.61 Å². The van der Waals surface area contributed by atoms with Crippen LogP contribution in [-0.2, 0) is 0 Å². The van der Waals surface area contributed by atoms with E-state index in [0.29, 0.717) is 0 Å². The first-order valence-corrected chi connectivity index (χ1v) is 3.31. The Morgan fingerprint density at radius 2 is 2.50 bits per heavy atom. The van der Waals surface area contributed by atoms with Gasteiger partial charge in [0.1, 0.15) is 0 Å². The van der Waals surface area contributed by atoms with Crippen molar-refractivity contribution in [1.82, 2.24) is 5.32 Å². The normalized spacial score (nSPS) is 12.9. The van der Waals surface area contributed by atoms with Crippen molar-refractivity contribution in [2.24, 2.45) is 0 Å². The molecular weight excluding hydrogens is 221 g/mol. The molecule has 3 nitrogen and oxygen atoms in total. The van der Waals surface area contributed by atoms with Crippen LogP contribution in [0.15, 0.2) is 0 Å². The summed E-state index contributed by atoms with van der Waals surface area (Å²) in [6.07, 6.45) is 0. The van der Waals surface area contributed by atoms with Gasteiger partial charge in [-0.3, -0.25) is 4.79 Å². The third-order valence-electron chi connectivity index (χ3n) is 0.634. The minimum absolute atomic E-state index is 0.00522. The molecule has 0 aliphatic heterocycles. The molecule has 1 amide bonds. The first-order valence-electron chi connectivity index (χ1n) is 2.23. The molecule has 0 aromatic rings. The molecule has 0 saturated heterocycles. The maximum absolute atomic E-state index is 10.2. The summed E-state index contributed by atoms with van der Waals surface area (Å²) in [5.74, 6) is 0. The number of hydrogen-bond donors (Lipinski definition) is 2. The molecule has 0 unspecified atom stereocenters. The molecule has 48 valence electrons. The van der Waals surface area contributed by atoms with Crippen molar-refractivity contribution in [3.8, 4) is 0 Å². The quantitative estimate of drug-likeness (QED) is 0.411. The molecule has 0 bridgehead atoms. The second kappa shape index (κ2) is 4.08. The van der Waals surface area contributed by atoms with Gasteiger partial charge < -0.3 is 10.4 Å². The summed E-state index contributed by atoms with van der Waals surface area (Å²) in [5.41, 5.74) is 0. The molecule has 0 heterocycles. The molecule has 0 aromatic carbocycles. The van der Waals surface area contributed by atoms with Gasteiger partial charge in [-0.1, -0.05) is 0 Å². The zero-order valence-corrected chi connectivity index (χ0v) is 6.68. The van der Waals surface area contributed by atoms with E-state index in [2.05, 4.69) is 5.32 Å². The highest BCUT2D eigenvalue weighted by Crippen LogP contribution is 1.86. The molecule has 1 atom stereocenters. The molecule has 8 heavy (non-hydrogen) atoms. The van der Waals surface area contributed by atoms with E-state index in [1.54, 1.807) is 29.5 Å². The molecule has 0 spiro atoms. The number of carbonyl (C=O) groups excluding carboxylic acids is 1. The van der Waals surface area contributed by atoms with Crippen LogP contribution in [0, 0.1) is 0 Å². The number of aliphatic hydroxyl groups is 1. The van der Waals surface area contributed by atoms with Crippen LogP contribution in [0.25, 0.3) is 0 Å². The van der Waals surface area contributed by atoms with Crippen LogP contribution in [0.2, 0.25) is 0 Å². The molecule has 4 heteroatoms. The highest BCUT2D eigenvalue weighted by atomic mass is 127. The molecule has 0 aromatic heterocycles. The van der Waals surface area contributed by atoms with Crippen molar-refractivity contribution < 1.29 is 9.90 Å². The second-order valence-corrected chi connectivity index (χ2v) is 2.48. The number of hydrogen-bond acceptors (Lipinski definition) is 2. The van der Waals surface area contributed by atoms with Crippen LogP contribution < -0.4 is 5.32 Å². The first-order chi connectivity index (χ1) is 3.66. The fraction of sp³-hybridized carbons (Fsp3) is 0.750.